The van der Waals surface area contributed by atoms with Gasteiger partial charge in [-0.15, -0.1) is 0 Å². The Bertz CT molecular complexity index is 473. The zero-order valence-corrected chi connectivity index (χ0v) is 11.0. The number of carbonyl (C=O) groups excluding carboxylic acids is 1. The normalized spacial score (nSPS) is 21.8. The minimum Gasteiger partial charge on any atom is -0.482 e. The standard InChI is InChI=1S/C13H17N3O3/c1-9(2)3-4-13(17)16-11-7-18-8-12(11)19-10-5-14-15-6-10/h5-6,9,11-12H,7-8H2,1-2H3,(H,14,15)(H,16,17)/t11-,12+/m0/s1. The number of hydrogen-bond donors (Lipinski definition) is 2. The van der Waals surface area contributed by atoms with Crippen LogP contribution in [0.15, 0.2) is 12.4 Å². The lowest BCUT2D eigenvalue weighted by molar-refractivity contribution is -0.116. The molecule has 1 aliphatic heterocycles. The molecule has 1 aromatic heterocycles. The Labute approximate surface area is 111 Å². The summed E-state index contributed by atoms with van der Waals surface area (Å²) >= 11 is 0. The first-order chi connectivity index (χ1) is 9.15. The van der Waals surface area contributed by atoms with Crippen LogP contribution in [0.1, 0.15) is 13.8 Å². The maximum Gasteiger partial charge on any atom is 0.296 e. The van der Waals surface area contributed by atoms with Gasteiger partial charge in [0.25, 0.3) is 5.91 Å². The van der Waals surface area contributed by atoms with Gasteiger partial charge in [-0.3, -0.25) is 9.89 Å². The predicted molar refractivity (Wildman–Crippen MR) is 68.4 cm³/mol. The van der Waals surface area contributed by atoms with Crippen molar-refractivity contribution in [2.45, 2.75) is 26.0 Å². The maximum absolute atomic E-state index is 11.6. The number of rotatable bonds is 3. The molecule has 0 unspecified atom stereocenters. The van der Waals surface area contributed by atoms with E-state index in [2.05, 4.69) is 27.4 Å². The van der Waals surface area contributed by atoms with Gasteiger partial charge >= 0.3 is 0 Å². The summed E-state index contributed by atoms with van der Waals surface area (Å²) in [4.78, 5) is 11.6. The molecule has 0 spiro atoms. The van der Waals surface area contributed by atoms with Gasteiger partial charge in [0.15, 0.2) is 5.75 Å². The SMILES string of the molecule is CC(C)C#CC(=O)N[C@H]1COC[C@H]1Oc1cn[nH]c1. The van der Waals surface area contributed by atoms with Crippen LogP contribution in [0.2, 0.25) is 0 Å². The molecule has 6 heteroatoms. The monoisotopic (exact) mass is 263 g/mol. The first-order valence-corrected chi connectivity index (χ1v) is 6.20. The average Bonchev–Trinajstić information content (AvgIpc) is 3.00. The van der Waals surface area contributed by atoms with E-state index in [-0.39, 0.29) is 24.0 Å². The summed E-state index contributed by atoms with van der Waals surface area (Å²) in [7, 11) is 0. The smallest absolute Gasteiger partial charge is 0.296 e. The molecule has 0 saturated carbocycles. The van der Waals surface area contributed by atoms with Crippen LogP contribution in [0.4, 0.5) is 0 Å². The van der Waals surface area contributed by atoms with Gasteiger partial charge in [0, 0.05) is 5.92 Å². The topological polar surface area (TPSA) is 76.2 Å². The van der Waals surface area contributed by atoms with Crippen molar-refractivity contribution in [2.75, 3.05) is 13.2 Å². The second-order valence-corrected chi connectivity index (χ2v) is 4.63. The lowest BCUT2D eigenvalue weighted by Crippen LogP contribution is -2.44. The number of nitrogens with one attached hydrogen (secondary N) is 2. The average molecular weight is 263 g/mol. The van der Waals surface area contributed by atoms with E-state index >= 15 is 0 Å². The molecule has 2 N–H and O–H groups in total. The highest BCUT2D eigenvalue weighted by molar-refractivity contribution is 5.93. The first-order valence-electron chi connectivity index (χ1n) is 6.20. The van der Waals surface area contributed by atoms with Crippen LogP contribution < -0.4 is 10.1 Å². The van der Waals surface area contributed by atoms with Gasteiger partial charge in [-0.1, -0.05) is 19.8 Å². The second-order valence-electron chi connectivity index (χ2n) is 4.63. The van der Waals surface area contributed by atoms with E-state index in [1.807, 2.05) is 13.8 Å². The van der Waals surface area contributed by atoms with Crippen LogP contribution in [0.3, 0.4) is 0 Å². The minimum atomic E-state index is -0.301. The Balaban J connectivity index is 1.89. The van der Waals surface area contributed by atoms with E-state index in [9.17, 15) is 4.79 Å². The van der Waals surface area contributed by atoms with Crippen molar-refractivity contribution in [1.82, 2.24) is 15.5 Å². The van der Waals surface area contributed by atoms with Crippen molar-refractivity contribution in [3.05, 3.63) is 12.4 Å². The number of carbonyl (C=O) groups is 1. The second kappa shape index (κ2) is 6.25. The highest BCUT2D eigenvalue weighted by atomic mass is 16.5. The molecule has 19 heavy (non-hydrogen) atoms. The third kappa shape index (κ3) is 4.00. The van der Waals surface area contributed by atoms with E-state index in [0.717, 1.165) is 0 Å². The summed E-state index contributed by atoms with van der Waals surface area (Å²) in [5.41, 5.74) is 0. The Morgan fingerprint density at radius 3 is 3.16 bits per heavy atom. The van der Waals surface area contributed by atoms with Gasteiger partial charge in [-0.2, -0.15) is 5.10 Å². The predicted octanol–water partition coefficient (Wildman–Crippen LogP) is 0.331. The third-order valence-electron chi connectivity index (χ3n) is 2.58. The van der Waals surface area contributed by atoms with Crippen LogP contribution in [0, 0.1) is 17.8 Å². The van der Waals surface area contributed by atoms with Crippen molar-refractivity contribution >= 4 is 5.91 Å². The van der Waals surface area contributed by atoms with Gasteiger partial charge in [0.1, 0.15) is 6.10 Å². The largest absolute Gasteiger partial charge is 0.482 e. The molecule has 0 radical (unpaired) electrons. The van der Waals surface area contributed by atoms with Crippen LogP contribution in [-0.2, 0) is 9.53 Å². The van der Waals surface area contributed by atoms with Crippen molar-refractivity contribution in [3.8, 4) is 17.6 Å². The number of amides is 1. The Kier molecular flexibility index (Phi) is 4.42. The van der Waals surface area contributed by atoms with Crippen molar-refractivity contribution < 1.29 is 14.3 Å². The van der Waals surface area contributed by atoms with Gasteiger partial charge < -0.3 is 14.8 Å². The fourth-order valence-electron chi connectivity index (χ4n) is 1.68. The molecule has 6 nitrogen and oxygen atoms in total. The van der Waals surface area contributed by atoms with Crippen molar-refractivity contribution in [2.24, 2.45) is 5.92 Å². The summed E-state index contributed by atoms with van der Waals surface area (Å²) < 4.78 is 11.0. The fourth-order valence-corrected chi connectivity index (χ4v) is 1.68. The highest BCUT2D eigenvalue weighted by Crippen LogP contribution is 2.15. The molecule has 0 bridgehead atoms. The minimum absolute atomic E-state index is 0.170. The van der Waals surface area contributed by atoms with Gasteiger partial charge in [0.2, 0.25) is 0 Å². The third-order valence-corrected chi connectivity index (χ3v) is 2.58. The number of aromatic amines is 1. The number of aromatic nitrogens is 2. The van der Waals surface area contributed by atoms with E-state index in [1.165, 1.54) is 0 Å². The fraction of sp³-hybridized carbons (Fsp3) is 0.538. The molecule has 1 amide bonds. The Morgan fingerprint density at radius 1 is 1.63 bits per heavy atom. The Morgan fingerprint density at radius 2 is 2.47 bits per heavy atom. The number of nitrogens with zero attached hydrogens (tertiary/aromatic N) is 1. The molecule has 0 aromatic carbocycles. The van der Waals surface area contributed by atoms with Gasteiger partial charge in [-0.25, -0.2) is 0 Å². The summed E-state index contributed by atoms with van der Waals surface area (Å²) in [6.45, 7) is 4.74. The zero-order chi connectivity index (χ0) is 13.7. The van der Waals surface area contributed by atoms with E-state index in [0.29, 0.717) is 19.0 Å². The molecular weight excluding hydrogens is 246 g/mol. The summed E-state index contributed by atoms with van der Waals surface area (Å²) in [5.74, 6) is 5.88. The van der Waals surface area contributed by atoms with E-state index < -0.39 is 0 Å². The molecule has 2 atom stereocenters. The van der Waals surface area contributed by atoms with Crippen LogP contribution in [0.5, 0.6) is 5.75 Å². The summed E-state index contributed by atoms with van der Waals surface area (Å²) in [6, 6.07) is -0.191. The highest BCUT2D eigenvalue weighted by Gasteiger charge is 2.31. The molecule has 1 aliphatic rings. The molecule has 1 saturated heterocycles. The molecule has 2 rings (SSSR count). The number of hydrogen-bond acceptors (Lipinski definition) is 4. The van der Waals surface area contributed by atoms with Crippen molar-refractivity contribution in [3.63, 3.8) is 0 Å². The van der Waals surface area contributed by atoms with Crippen LogP contribution in [0.25, 0.3) is 0 Å². The summed E-state index contributed by atoms with van der Waals surface area (Å²) in [5, 5.41) is 9.27. The molecule has 0 aliphatic carbocycles. The van der Waals surface area contributed by atoms with Gasteiger partial charge in [-0.05, 0) is 5.92 Å². The summed E-state index contributed by atoms with van der Waals surface area (Å²) in [6.07, 6.45) is 3.01. The number of H-pyrrole nitrogens is 1. The number of ether oxygens (including phenoxy) is 2. The molecule has 1 aromatic rings. The zero-order valence-electron chi connectivity index (χ0n) is 11.0. The van der Waals surface area contributed by atoms with Crippen molar-refractivity contribution in [1.29, 1.82) is 0 Å². The van der Waals surface area contributed by atoms with Crippen LogP contribution in [-0.4, -0.2) is 41.5 Å². The molecular formula is C13H17N3O3. The van der Waals surface area contributed by atoms with E-state index in [1.54, 1.807) is 12.4 Å². The Hall–Kier alpha value is -2.00. The molecule has 2 heterocycles. The maximum atomic E-state index is 11.6. The van der Waals surface area contributed by atoms with Gasteiger partial charge in [0.05, 0.1) is 31.6 Å². The lowest BCUT2D eigenvalue weighted by atomic mass is 10.2. The molecule has 102 valence electrons. The lowest BCUT2D eigenvalue weighted by Gasteiger charge is -2.18. The van der Waals surface area contributed by atoms with Crippen LogP contribution >= 0.6 is 0 Å². The molecule has 1 fully saturated rings. The quantitative estimate of drug-likeness (QED) is 0.771. The first kappa shape index (κ1) is 13.4. The van der Waals surface area contributed by atoms with E-state index in [4.69, 9.17) is 9.47 Å².